The van der Waals surface area contributed by atoms with Crippen molar-refractivity contribution in [1.82, 2.24) is 14.9 Å². The number of aliphatic imine (C=N–C) groups is 1. The van der Waals surface area contributed by atoms with Crippen molar-refractivity contribution in [3.05, 3.63) is 59.2 Å². The Morgan fingerprint density at radius 1 is 1.10 bits per heavy atom. The van der Waals surface area contributed by atoms with Gasteiger partial charge in [0.05, 0.1) is 11.0 Å². The van der Waals surface area contributed by atoms with Crippen molar-refractivity contribution in [2.75, 3.05) is 21.1 Å². The summed E-state index contributed by atoms with van der Waals surface area (Å²) < 4.78 is 31.6. The molecule has 7 nitrogen and oxygen atoms in total. The highest BCUT2D eigenvalue weighted by atomic mass is 32.2. The Bertz CT molecular complexity index is 986. The zero-order valence-electron chi connectivity index (χ0n) is 19.3. The predicted octanol–water partition coefficient (Wildman–Crippen LogP) is 3.29. The fourth-order valence-corrected chi connectivity index (χ4v) is 3.69. The highest BCUT2D eigenvalue weighted by Crippen LogP contribution is 2.22. The molecule has 0 saturated carbocycles. The molecule has 0 spiro atoms. The normalized spacial score (nSPS) is 13.2. The average Bonchev–Trinajstić information content (AvgIpc) is 2.75. The SMILES string of the molecule is CCC(C)Oc1cc(C)ccc1CNC(=NC)NCc1ccc(S(=O)(=O)N(C)C)cc1. The first-order chi connectivity index (χ1) is 14.7. The van der Waals surface area contributed by atoms with Gasteiger partial charge in [-0.1, -0.05) is 31.2 Å². The second-order valence-electron chi connectivity index (χ2n) is 7.66. The van der Waals surface area contributed by atoms with E-state index in [4.69, 9.17) is 4.74 Å². The van der Waals surface area contributed by atoms with Crippen LogP contribution in [0, 0.1) is 6.92 Å². The van der Waals surface area contributed by atoms with Crippen LogP contribution in [-0.2, 0) is 23.1 Å². The fraction of sp³-hybridized carbons (Fsp3) is 0.435. The molecule has 0 aromatic heterocycles. The Hall–Kier alpha value is -2.58. The van der Waals surface area contributed by atoms with E-state index >= 15 is 0 Å². The van der Waals surface area contributed by atoms with Gasteiger partial charge in [-0.3, -0.25) is 4.99 Å². The van der Waals surface area contributed by atoms with Crippen LogP contribution >= 0.6 is 0 Å². The van der Waals surface area contributed by atoms with E-state index in [9.17, 15) is 8.42 Å². The number of guanidine groups is 1. The quantitative estimate of drug-likeness (QED) is 0.456. The Morgan fingerprint density at radius 3 is 2.32 bits per heavy atom. The summed E-state index contributed by atoms with van der Waals surface area (Å²) in [5.41, 5.74) is 3.17. The average molecular weight is 447 g/mol. The third-order valence-corrected chi connectivity index (χ3v) is 6.79. The molecule has 2 rings (SSSR count). The maximum absolute atomic E-state index is 12.2. The van der Waals surface area contributed by atoms with Crippen LogP contribution in [0.15, 0.2) is 52.4 Å². The molecule has 170 valence electrons. The number of hydrogen-bond donors (Lipinski definition) is 2. The lowest BCUT2D eigenvalue weighted by Gasteiger charge is -2.18. The first kappa shape index (κ1) is 24.7. The molecule has 1 atom stereocenters. The molecule has 2 aromatic rings. The summed E-state index contributed by atoms with van der Waals surface area (Å²) in [7, 11) is 1.34. The molecule has 0 heterocycles. The Kier molecular flexibility index (Phi) is 8.88. The maximum Gasteiger partial charge on any atom is 0.242 e. The molecule has 31 heavy (non-hydrogen) atoms. The minimum atomic E-state index is -3.42. The van der Waals surface area contributed by atoms with Crippen molar-refractivity contribution >= 4 is 16.0 Å². The van der Waals surface area contributed by atoms with Gasteiger partial charge in [0.25, 0.3) is 0 Å². The summed E-state index contributed by atoms with van der Waals surface area (Å²) in [5, 5.41) is 6.57. The molecule has 0 saturated heterocycles. The molecule has 0 radical (unpaired) electrons. The summed E-state index contributed by atoms with van der Waals surface area (Å²) in [6, 6.07) is 13.0. The molecule has 8 heteroatoms. The lowest BCUT2D eigenvalue weighted by atomic mass is 10.1. The zero-order chi connectivity index (χ0) is 23.0. The van der Waals surface area contributed by atoms with E-state index in [0.717, 1.165) is 28.9 Å². The number of nitrogens with one attached hydrogen (secondary N) is 2. The van der Waals surface area contributed by atoms with Crippen LogP contribution in [0.25, 0.3) is 0 Å². The highest BCUT2D eigenvalue weighted by molar-refractivity contribution is 7.89. The molecular weight excluding hydrogens is 412 g/mol. The molecule has 2 aromatic carbocycles. The topological polar surface area (TPSA) is 83.0 Å². The molecule has 0 aliphatic heterocycles. The van der Waals surface area contributed by atoms with Gasteiger partial charge < -0.3 is 15.4 Å². The third kappa shape index (κ3) is 6.97. The summed E-state index contributed by atoms with van der Waals surface area (Å²) in [4.78, 5) is 4.55. The first-order valence-corrected chi connectivity index (χ1v) is 11.8. The van der Waals surface area contributed by atoms with E-state index < -0.39 is 10.0 Å². The number of aryl methyl sites for hydroxylation is 1. The first-order valence-electron chi connectivity index (χ1n) is 10.4. The van der Waals surface area contributed by atoms with Crippen molar-refractivity contribution in [3.8, 4) is 5.75 Å². The lowest BCUT2D eigenvalue weighted by molar-refractivity contribution is 0.215. The molecule has 0 bridgehead atoms. The minimum Gasteiger partial charge on any atom is -0.490 e. The molecule has 0 fully saturated rings. The van der Waals surface area contributed by atoms with Gasteiger partial charge in [-0.2, -0.15) is 0 Å². The van der Waals surface area contributed by atoms with Gasteiger partial charge in [0.15, 0.2) is 5.96 Å². The van der Waals surface area contributed by atoms with Crippen LogP contribution in [-0.4, -0.2) is 45.9 Å². The van der Waals surface area contributed by atoms with Crippen molar-refractivity contribution < 1.29 is 13.2 Å². The molecule has 0 aliphatic carbocycles. The Labute approximate surface area is 186 Å². The maximum atomic E-state index is 12.2. The number of sulfonamides is 1. The standard InChI is InChI=1S/C23H34N4O3S/c1-7-18(3)30-22-14-17(2)8-11-20(22)16-26-23(24-4)25-15-19-9-12-21(13-10-19)31(28,29)27(5)6/h8-14,18H,7,15-16H2,1-6H3,(H2,24,25,26). The number of hydrogen-bond acceptors (Lipinski definition) is 4. The van der Waals surface area contributed by atoms with E-state index in [2.05, 4.69) is 54.6 Å². The summed E-state index contributed by atoms with van der Waals surface area (Å²) >= 11 is 0. The van der Waals surface area contributed by atoms with Gasteiger partial charge in [-0.15, -0.1) is 0 Å². The van der Waals surface area contributed by atoms with Gasteiger partial charge in [-0.05, 0) is 49.6 Å². The second kappa shape index (κ2) is 11.2. The van der Waals surface area contributed by atoms with Crippen molar-refractivity contribution in [2.45, 2.75) is 51.3 Å². The van der Waals surface area contributed by atoms with Crippen LogP contribution in [0.5, 0.6) is 5.75 Å². The number of benzene rings is 2. The summed E-state index contributed by atoms with van der Waals surface area (Å²) in [6.45, 7) is 7.32. The third-order valence-electron chi connectivity index (χ3n) is 4.96. The monoisotopic (exact) mass is 446 g/mol. The van der Waals surface area contributed by atoms with Gasteiger partial charge >= 0.3 is 0 Å². The Morgan fingerprint density at radius 2 is 1.74 bits per heavy atom. The van der Waals surface area contributed by atoms with Gasteiger partial charge in [0, 0.05) is 39.8 Å². The Balaban J connectivity index is 1.98. The number of ether oxygens (including phenoxy) is 1. The van der Waals surface area contributed by atoms with Crippen molar-refractivity contribution in [3.63, 3.8) is 0 Å². The van der Waals surface area contributed by atoms with Crippen LogP contribution in [0.4, 0.5) is 0 Å². The molecule has 2 N–H and O–H groups in total. The minimum absolute atomic E-state index is 0.150. The van der Waals surface area contributed by atoms with E-state index in [0.29, 0.717) is 19.0 Å². The van der Waals surface area contributed by atoms with E-state index in [1.54, 1.807) is 31.3 Å². The van der Waals surface area contributed by atoms with E-state index in [1.807, 2.05) is 0 Å². The molecule has 0 amide bonds. The second-order valence-corrected chi connectivity index (χ2v) is 9.81. The van der Waals surface area contributed by atoms with Crippen LogP contribution in [0.1, 0.15) is 37.0 Å². The summed E-state index contributed by atoms with van der Waals surface area (Å²) in [6.07, 6.45) is 1.09. The summed E-state index contributed by atoms with van der Waals surface area (Å²) in [5.74, 6) is 1.54. The van der Waals surface area contributed by atoms with E-state index in [-0.39, 0.29) is 11.0 Å². The molecule has 0 aliphatic rings. The van der Waals surface area contributed by atoms with E-state index in [1.165, 1.54) is 18.4 Å². The van der Waals surface area contributed by atoms with Gasteiger partial charge in [0.2, 0.25) is 10.0 Å². The number of rotatable bonds is 9. The number of nitrogens with zero attached hydrogens (tertiary/aromatic N) is 2. The van der Waals surface area contributed by atoms with Crippen molar-refractivity contribution in [2.24, 2.45) is 4.99 Å². The molecule has 1 unspecified atom stereocenters. The smallest absolute Gasteiger partial charge is 0.242 e. The molecular formula is C23H34N4O3S. The fourth-order valence-electron chi connectivity index (χ4n) is 2.79. The van der Waals surface area contributed by atoms with Crippen molar-refractivity contribution in [1.29, 1.82) is 0 Å². The van der Waals surface area contributed by atoms with Crippen LogP contribution < -0.4 is 15.4 Å². The van der Waals surface area contributed by atoms with Crippen LogP contribution in [0.2, 0.25) is 0 Å². The largest absolute Gasteiger partial charge is 0.490 e. The zero-order valence-corrected chi connectivity index (χ0v) is 20.1. The lowest BCUT2D eigenvalue weighted by Crippen LogP contribution is -2.36. The van der Waals surface area contributed by atoms with Gasteiger partial charge in [-0.25, -0.2) is 12.7 Å². The van der Waals surface area contributed by atoms with Crippen LogP contribution in [0.3, 0.4) is 0 Å². The van der Waals surface area contributed by atoms with Gasteiger partial charge in [0.1, 0.15) is 5.75 Å². The predicted molar refractivity (Wildman–Crippen MR) is 126 cm³/mol. The highest BCUT2D eigenvalue weighted by Gasteiger charge is 2.16.